The second kappa shape index (κ2) is 5.65. The molecule has 3 rings (SSSR count). The monoisotopic (exact) mass is 292 g/mol. The third-order valence-corrected chi connectivity index (χ3v) is 2.67. The fourth-order valence-corrected chi connectivity index (χ4v) is 1.77. The molecule has 0 amide bonds. The lowest BCUT2D eigenvalue weighted by molar-refractivity contribution is -0.0498. The molecule has 0 radical (unpaired) electrons. The van der Waals surface area contributed by atoms with Gasteiger partial charge in [0.1, 0.15) is 11.6 Å². The number of nitrogens with zero attached hydrogens (tertiary/aromatic N) is 5. The minimum atomic E-state index is -2.84. The first-order valence-corrected chi connectivity index (χ1v) is 6.04. The normalized spacial score (nSPS) is 11.0. The predicted molar refractivity (Wildman–Crippen MR) is 69.0 cm³/mol. The number of hydrogen-bond donors (Lipinski definition) is 1. The Labute approximate surface area is 117 Å². The average Bonchev–Trinajstić information content (AvgIpc) is 2.92. The number of anilines is 1. The van der Waals surface area contributed by atoms with E-state index in [9.17, 15) is 8.78 Å². The molecular weight excluding hydrogens is 282 g/mol. The predicted octanol–water partition coefficient (Wildman–Crippen LogP) is 1.73. The van der Waals surface area contributed by atoms with Gasteiger partial charge in [0.15, 0.2) is 5.65 Å². The summed E-state index contributed by atoms with van der Waals surface area (Å²) in [6, 6.07) is 9.89. The number of nitrogens with one attached hydrogen (secondary N) is 1. The largest absolute Gasteiger partial charge is 0.435 e. The number of aromatic nitrogens is 5. The number of fused-ring (bicyclic) bond motifs is 1. The summed E-state index contributed by atoms with van der Waals surface area (Å²) in [5.41, 5.74) is 1.32. The number of alkyl halides is 2. The fraction of sp³-hybridized carbons (Fsp3) is 0.167. The van der Waals surface area contributed by atoms with E-state index in [0.717, 1.165) is 5.56 Å². The van der Waals surface area contributed by atoms with Crippen LogP contribution in [0.5, 0.6) is 5.75 Å². The number of tetrazole rings is 1. The van der Waals surface area contributed by atoms with Crippen molar-refractivity contribution >= 4 is 11.5 Å². The molecule has 1 aromatic carbocycles. The van der Waals surface area contributed by atoms with Crippen LogP contribution in [-0.4, -0.2) is 31.9 Å². The summed E-state index contributed by atoms with van der Waals surface area (Å²) in [4.78, 5) is 0. The molecule has 7 nitrogen and oxygen atoms in total. The SMILES string of the molecule is FC(F)Oc1cccc(CNc2ccc3nnnn3n2)c1. The van der Waals surface area contributed by atoms with E-state index in [1.54, 1.807) is 24.3 Å². The van der Waals surface area contributed by atoms with Gasteiger partial charge < -0.3 is 10.1 Å². The van der Waals surface area contributed by atoms with Crippen molar-refractivity contribution in [2.75, 3.05) is 5.32 Å². The van der Waals surface area contributed by atoms with Crippen molar-refractivity contribution in [1.29, 1.82) is 0 Å². The average molecular weight is 292 g/mol. The van der Waals surface area contributed by atoms with E-state index in [0.29, 0.717) is 18.0 Å². The molecular formula is C12H10F2N6O. The van der Waals surface area contributed by atoms with E-state index < -0.39 is 6.61 Å². The minimum Gasteiger partial charge on any atom is -0.435 e. The van der Waals surface area contributed by atoms with Crippen LogP contribution in [0.3, 0.4) is 0 Å². The highest BCUT2D eigenvalue weighted by Crippen LogP contribution is 2.16. The molecule has 0 saturated carbocycles. The van der Waals surface area contributed by atoms with Crippen molar-refractivity contribution in [3.8, 4) is 5.75 Å². The lowest BCUT2D eigenvalue weighted by atomic mass is 10.2. The van der Waals surface area contributed by atoms with Crippen LogP contribution < -0.4 is 10.1 Å². The van der Waals surface area contributed by atoms with Crippen LogP contribution in [0.1, 0.15) is 5.56 Å². The zero-order valence-corrected chi connectivity index (χ0v) is 10.6. The molecule has 0 aliphatic carbocycles. The van der Waals surface area contributed by atoms with Gasteiger partial charge in [-0.05, 0) is 40.3 Å². The molecule has 0 unspecified atom stereocenters. The van der Waals surface area contributed by atoms with Crippen LogP contribution >= 0.6 is 0 Å². The lowest BCUT2D eigenvalue weighted by Gasteiger charge is -2.08. The molecule has 21 heavy (non-hydrogen) atoms. The van der Waals surface area contributed by atoms with Crippen molar-refractivity contribution in [1.82, 2.24) is 25.3 Å². The van der Waals surface area contributed by atoms with Crippen LogP contribution in [0.4, 0.5) is 14.6 Å². The summed E-state index contributed by atoms with van der Waals surface area (Å²) in [6.07, 6.45) is 0. The molecule has 0 saturated heterocycles. The Morgan fingerprint density at radius 3 is 3.00 bits per heavy atom. The molecule has 0 aliphatic rings. The fourth-order valence-electron chi connectivity index (χ4n) is 1.77. The van der Waals surface area contributed by atoms with Crippen molar-refractivity contribution in [3.05, 3.63) is 42.0 Å². The van der Waals surface area contributed by atoms with Gasteiger partial charge in [-0.1, -0.05) is 12.1 Å². The molecule has 0 atom stereocenters. The molecule has 2 heterocycles. The van der Waals surface area contributed by atoms with Crippen LogP contribution in [0.25, 0.3) is 5.65 Å². The van der Waals surface area contributed by atoms with E-state index in [1.165, 1.54) is 16.8 Å². The maximum atomic E-state index is 12.2. The van der Waals surface area contributed by atoms with Crippen LogP contribution in [0, 0.1) is 0 Å². The summed E-state index contributed by atoms with van der Waals surface area (Å²) < 4.78 is 29.9. The molecule has 9 heteroatoms. The molecule has 0 bridgehead atoms. The van der Waals surface area contributed by atoms with Crippen LogP contribution in [0.2, 0.25) is 0 Å². The van der Waals surface area contributed by atoms with Gasteiger partial charge in [-0.25, -0.2) is 0 Å². The Bertz CT molecular complexity index is 747. The van der Waals surface area contributed by atoms with E-state index in [4.69, 9.17) is 0 Å². The Morgan fingerprint density at radius 1 is 1.24 bits per heavy atom. The third-order valence-electron chi connectivity index (χ3n) is 2.67. The molecule has 108 valence electrons. The highest BCUT2D eigenvalue weighted by Gasteiger charge is 2.05. The van der Waals surface area contributed by atoms with Gasteiger partial charge in [-0.3, -0.25) is 0 Å². The number of benzene rings is 1. The summed E-state index contributed by atoms with van der Waals surface area (Å²) in [5, 5.41) is 18.1. The Balaban J connectivity index is 1.69. The number of halogens is 2. The molecule has 0 spiro atoms. The zero-order chi connectivity index (χ0) is 14.7. The maximum absolute atomic E-state index is 12.2. The molecule has 1 N–H and O–H groups in total. The van der Waals surface area contributed by atoms with Crippen LogP contribution in [-0.2, 0) is 6.54 Å². The highest BCUT2D eigenvalue weighted by molar-refractivity contribution is 5.42. The number of ether oxygens (including phenoxy) is 1. The Hall–Kier alpha value is -2.84. The Kier molecular flexibility index (Phi) is 3.54. The van der Waals surface area contributed by atoms with Gasteiger partial charge in [0.05, 0.1) is 0 Å². The van der Waals surface area contributed by atoms with Gasteiger partial charge in [0.2, 0.25) is 0 Å². The van der Waals surface area contributed by atoms with Gasteiger partial charge in [-0.2, -0.15) is 8.78 Å². The van der Waals surface area contributed by atoms with Gasteiger partial charge in [0.25, 0.3) is 0 Å². The van der Waals surface area contributed by atoms with Gasteiger partial charge in [-0.15, -0.1) is 14.8 Å². The van der Waals surface area contributed by atoms with Gasteiger partial charge >= 0.3 is 6.61 Å². The third kappa shape index (κ3) is 3.19. The minimum absolute atomic E-state index is 0.119. The quantitative estimate of drug-likeness (QED) is 0.771. The van der Waals surface area contributed by atoms with Gasteiger partial charge in [0, 0.05) is 6.54 Å². The summed E-state index contributed by atoms with van der Waals surface area (Å²) in [7, 11) is 0. The topological polar surface area (TPSA) is 77.2 Å². The zero-order valence-electron chi connectivity index (χ0n) is 10.6. The van der Waals surface area contributed by atoms with E-state index in [2.05, 4.69) is 30.7 Å². The smallest absolute Gasteiger partial charge is 0.387 e. The second-order valence-corrected chi connectivity index (χ2v) is 4.12. The molecule has 0 aliphatic heterocycles. The number of rotatable bonds is 5. The first-order chi connectivity index (χ1) is 10.2. The Morgan fingerprint density at radius 2 is 2.14 bits per heavy atom. The molecule has 0 fully saturated rings. The first-order valence-electron chi connectivity index (χ1n) is 6.04. The van der Waals surface area contributed by atoms with E-state index in [-0.39, 0.29) is 5.75 Å². The summed E-state index contributed by atoms with van der Waals surface area (Å²) >= 11 is 0. The van der Waals surface area contributed by atoms with E-state index in [1.807, 2.05) is 0 Å². The van der Waals surface area contributed by atoms with E-state index >= 15 is 0 Å². The van der Waals surface area contributed by atoms with Crippen molar-refractivity contribution in [2.45, 2.75) is 13.2 Å². The maximum Gasteiger partial charge on any atom is 0.387 e. The summed E-state index contributed by atoms with van der Waals surface area (Å²) in [6.45, 7) is -2.43. The number of hydrogen-bond acceptors (Lipinski definition) is 6. The molecule has 2 aromatic heterocycles. The summed E-state index contributed by atoms with van der Waals surface area (Å²) in [5.74, 6) is 0.683. The van der Waals surface area contributed by atoms with Crippen molar-refractivity contribution in [2.24, 2.45) is 0 Å². The van der Waals surface area contributed by atoms with Crippen molar-refractivity contribution in [3.63, 3.8) is 0 Å². The highest BCUT2D eigenvalue weighted by atomic mass is 19.3. The lowest BCUT2D eigenvalue weighted by Crippen LogP contribution is -2.06. The van der Waals surface area contributed by atoms with Crippen LogP contribution in [0.15, 0.2) is 36.4 Å². The van der Waals surface area contributed by atoms with Crippen molar-refractivity contribution < 1.29 is 13.5 Å². The first kappa shape index (κ1) is 13.2. The molecule has 3 aromatic rings. The standard InChI is InChI=1S/C12H10F2N6O/c13-12(14)21-9-3-1-2-8(6-9)7-15-10-4-5-11-16-18-19-20(11)17-10/h1-6,12H,7H2,(H,15,17). The second-order valence-electron chi connectivity index (χ2n) is 4.12.